The van der Waals surface area contributed by atoms with Gasteiger partial charge in [-0.25, -0.2) is 4.79 Å². The van der Waals surface area contributed by atoms with E-state index in [2.05, 4.69) is 6.92 Å². The second kappa shape index (κ2) is 4.32. The van der Waals surface area contributed by atoms with Crippen LogP contribution in [0.3, 0.4) is 0 Å². The van der Waals surface area contributed by atoms with Gasteiger partial charge < -0.3 is 14.6 Å². The van der Waals surface area contributed by atoms with E-state index < -0.39 is 24.0 Å². The molecule has 0 radical (unpaired) electrons. The van der Waals surface area contributed by atoms with Crippen molar-refractivity contribution in [2.75, 3.05) is 0 Å². The highest BCUT2D eigenvalue weighted by molar-refractivity contribution is 5.96. The highest BCUT2D eigenvalue weighted by atomic mass is 16.8. The lowest BCUT2D eigenvalue weighted by atomic mass is 9.46. The Hall–Kier alpha value is -1.36. The van der Waals surface area contributed by atoms with E-state index in [4.69, 9.17) is 9.47 Å². The van der Waals surface area contributed by atoms with Gasteiger partial charge in [0.1, 0.15) is 6.10 Å². The van der Waals surface area contributed by atoms with Crippen LogP contribution in [0.25, 0.3) is 0 Å². The summed E-state index contributed by atoms with van der Waals surface area (Å²) in [5, 5.41) is 10.2. The topological polar surface area (TPSA) is 72.8 Å². The molecule has 0 aromatic heterocycles. The molecule has 0 spiro atoms. The van der Waals surface area contributed by atoms with Gasteiger partial charge in [-0.1, -0.05) is 12.5 Å². The summed E-state index contributed by atoms with van der Waals surface area (Å²) < 4.78 is 10.4. The SMILES string of the molecule is CC1=CC(=O)[C@H]2C[C@@H]1[C@]2(C)C[C@H]1OC(=O)O[C@@H]1C(C)(C)O. The molecule has 1 aliphatic heterocycles. The first-order chi connectivity index (χ1) is 9.63. The van der Waals surface area contributed by atoms with Gasteiger partial charge in [-0.3, -0.25) is 4.79 Å². The summed E-state index contributed by atoms with van der Waals surface area (Å²) in [6, 6.07) is 0. The number of carbonyl (C=O) groups excluding carboxylic acids is 2. The number of cyclic esters (lactones) is 2. The first kappa shape index (κ1) is 14.6. The molecule has 1 saturated heterocycles. The van der Waals surface area contributed by atoms with Crippen LogP contribution in [-0.4, -0.2) is 34.9 Å². The van der Waals surface area contributed by atoms with E-state index in [0.717, 1.165) is 12.0 Å². The van der Waals surface area contributed by atoms with Crippen LogP contribution in [-0.2, 0) is 14.3 Å². The second-order valence-corrected chi connectivity index (χ2v) is 7.44. The lowest BCUT2D eigenvalue weighted by molar-refractivity contribution is -0.141. The molecule has 2 fully saturated rings. The van der Waals surface area contributed by atoms with Crippen LogP contribution in [0.15, 0.2) is 11.6 Å². The Kier molecular flexibility index (Phi) is 3.00. The van der Waals surface area contributed by atoms with Crippen LogP contribution < -0.4 is 0 Å². The first-order valence-corrected chi connectivity index (χ1v) is 7.44. The lowest BCUT2D eigenvalue weighted by Crippen LogP contribution is -2.57. The highest BCUT2D eigenvalue weighted by Crippen LogP contribution is 2.61. The zero-order valence-electron chi connectivity index (χ0n) is 12.9. The summed E-state index contributed by atoms with van der Waals surface area (Å²) in [7, 11) is 0. The molecule has 2 bridgehead atoms. The molecule has 3 aliphatic carbocycles. The van der Waals surface area contributed by atoms with Gasteiger partial charge in [-0.2, -0.15) is 0 Å². The van der Waals surface area contributed by atoms with Crippen molar-refractivity contribution in [3.63, 3.8) is 0 Å². The van der Waals surface area contributed by atoms with Crippen molar-refractivity contribution in [2.45, 2.75) is 58.3 Å². The van der Waals surface area contributed by atoms with Gasteiger partial charge >= 0.3 is 6.16 Å². The number of fused-ring (bicyclic) bond motifs is 1. The van der Waals surface area contributed by atoms with Crippen LogP contribution in [0.1, 0.15) is 40.5 Å². The smallest absolute Gasteiger partial charge is 0.427 e. The number of rotatable bonds is 3. The van der Waals surface area contributed by atoms with Gasteiger partial charge in [0.25, 0.3) is 0 Å². The predicted molar refractivity (Wildman–Crippen MR) is 74.5 cm³/mol. The molecule has 0 aromatic rings. The number of hydrogen-bond acceptors (Lipinski definition) is 5. The van der Waals surface area contributed by atoms with Crippen molar-refractivity contribution in [3.05, 3.63) is 11.6 Å². The molecule has 5 atom stereocenters. The van der Waals surface area contributed by atoms with E-state index in [1.54, 1.807) is 19.9 Å². The van der Waals surface area contributed by atoms with E-state index in [1.807, 2.05) is 6.92 Å². The molecule has 5 heteroatoms. The Morgan fingerprint density at radius 3 is 2.52 bits per heavy atom. The van der Waals surface area contributed by atoms with Crippen LogP contribution in [0, 0.1) is 17.3 Å². The number of carbonyl (C=O) groups is 2. The van der Waals surface area contributed by atoms with Gasteiger partial charge in [-0.15, -0.1) is 0 Å². The molecule has 4 rings (SSSR count). The quantitative estimate of drug-likeness (QED) is 0.808. The van der Waals surface area contributed by atoms with Crippen LogP contribution in [0.2, 0.25) is 0 Å². The monoisotopic (exact) mass is 294 g/mol. The minimum Gasteiger partial charge on any atom is -0.427 e. The fourth-order valence-electron chi connectivity index (χ4n) is 4.29. The summed E-state index contributed by atoms with van der Waals surface area (Å²) in [4.78, 5) is 23.6. The maximum Gasteiger partial charge on any atom is 0.509 e. The van der Waals surface area contributed by atoms with E-state index >= 15 is 0 Å². The third-order valence-electron chi connectivity index (χ3n) is 5.47. The molecule has 21 heavy (non-hydrogen) atoms. The molecule has 0 unspecified atom stereocenters. The highest BCUT2D eigenvalue weighted by Gasteiger charge is 2.60. The van der Waals surface area contributed by atoms with Crippen molar-refractivity contribution >= 4 is 11.9 Å². The largest absolute Gasteiger partial charge is 0.509 e. The molecule has 5 nitrogen and oxygen atoms in total. The Labute approximate surface area is 124 Å². The van der Waals surface area contributed by atoms with Gasteiger partial charge in [-0.05, 0) is 51.0 Å². The van der Waals surface area contributed by atoms with Gasteiger partial charge in [0.05, 0.1) is 5.60 Å². The van der Waals surface area contributed by atoms with Crippen molar-refractivity contribution < 1.29 is 24.2 Å². The first-order valence-electron chi connectivity index (χ1n) is 7.44. The number of allylic oxidation sites excluding steroid dienone is 2. The minimum atomic E-state index is -1.17. The maximum absolute atomic E-state index is 12.1. The average molecular weight is 294 g/mol. The third-order valence-corrected chi connectivity index (χ3v) is 5.47. The predicted octanol–water partition coefficient (Wildman–Crippen LogP) is 2.22. The fourth-order valence-corrected chi connectivity index (χ4v) is 4.29. The second-order valence-electron chi connectivity index (χ2n) is 7.44. The third kappa shape index (κ3) is 2.09. The molecular formula is C16H22O5. The zero-order valence-corrected chi connectivity index (χ0v) is 12.9. The van der Waals surface area contributed by atoms with E-state index in [0.29, 0.717) is 12.3 Å². The Morgan fingerprint density at radius 2 is 2.00 bits per heavy atom. The van der Waals surface area contributed by atoms with Crippen molar-refractivity contribution in [2.24, 2.45) is 17.3 Å². The Balaban J connectivity index is 1.82. The van der Waals surface area contributed by atoms with Crippen molar-refractivity contribution in [1.82, 2.24) is 0 Å². The van der Waals surface area contributed by atoms with E-state index in [-0.39, 0.29) is 17.1 Å². The summed E-state index contributed by atoms with van der Waals surface area (Å²) in [5.74, 6) is 0.512. The number of ketones is 1. The normalized spacial score (nSPS) is 42.0. The summed E-state index contributed by atoms with van der Waals surface area (Å²) >= 11 is 0. The Morgan fingerprint density at radius 1 is 1.33 bits per heavy atom. The molecule has 116 valence electrons. The molecule has 0 aromatic carbocycles. The fraction of sp³-hybridized carbons (Fsp3) is 0.750. The Bertz CT molecular complexity index is 529. The molecule has 4 aliphatic rings. The molecule has 1 N–H and O–H groups in total. The number of ether oxygens (including phenoxy) is 2. The average Bonchev–Trinajstić information content (AvgIpc) is 2.67. The van der Waals surface area contributed by atoms with Crippen molar-refractivity contribution in [1.29, 1.82) is 0 Å². The summed E-state index contributed by atoms with van der Waals surface area (Å²) in [5.41, 5.74) is -0.269. The number of aliphatic hydroxyl groups is 1. The maximum atomic E-state index is 12.1. The zero-order chi connectivity index (χ0) is 15.6. The molecule has 0 amide bonds. The summed E-state index contributed by atoms with van der Waals surface area (Å²) in [6.07, 6.45) is 1.23. The van der Waals surface area contributed by atoms with Crippen LogP contribution >= 0.6 is 0 Å². The number of hydrogen-bond donors (Lipinski definition) is 1. The van der Waals surface area contributed by atoms with E-state index in [9.17, 15) is 14.7 Å². The minimum absolute atomic E-state index is 0.00652. The standard InChI is InChI=1S/C16H22O5/c1-8-5-11(17)10-6-9(8)16(10,4)7-12-13(15(2,3)19)21-14(18)20-12/h5,9-10,12-13,19H,6-7H2,1-4H3/t9-,10+,12+,13-,16-/m0/s1. The van der Waals surface area contributed by atoms with Gasteiger partial charge in [0, 0.05) is 5.92 Å². The molecule has 1 saturated carbocycles. The van der Waals surface area contributed by atoms with Gasteiger partial charge in [0.15, 0.2) is 11.9 Å². The summed E-state index contributed by atoms with van der Waals surface area (Å²) in [6.45, 7) is 7.27. The van der Waals surface area contributed by atoms with Crippen LogP contribution in [0.4, 0.5) is 4.79 Å². The van der Waals surface area contributed by atoms with Gasteiger partial charge in [0.2, 0.25) is 0 Å². The lowest BCUT2D eigenvalue weighted by Gasteiger charge is -2.57. The van der Waals surface area contributed by atoms with Crippen LogP contribution in [0.5, 0.6) is 0 Å². The molecule has 1 heterocycles. The van der Waals surface area contributed by atoms with Crippen molar-refractivity contribution in [3.8, 4) is 0 Å². The molecular weight excluding hydrogens is 272 g/mol. The van der Waals surface area contributed by atoms with E-state index in [1.165, 1.54) is 0 Å².